The molecule has 0 saturated heterocycles. The molecule has 1 aromatic carbocycles. The van der Waals surface area contributed by atoms with Crippen molar-refractivity contribution in [2.75, 3.05) is 6.61 Å². The minimum atomic E-state index is -1.13. The van der Waals surface area contributed by atoms with Gasteiger partial charge in [-0.05, 0) is 31.4 Å². The lowest BCUT2D eigenvalue weighted by molar-refractivity contribution is 0.0490. The van der Waals surface area contributed by atoms with Crippen LogP contribution in [-0.4, -0.2) is 23.7 Å². The number of carbonyl (C=O) groups excluding carboxylic acids is 1. The second-order valence-corrected chi connectivity index (χ2v) is 4.19. The predicted molar refractivity (Wildman–Crippen MR) is 72.3 cm³/mol. The molecule has 1 N–H and O–H groups in total. The fourth-order valence-corrected chi connectivity index (χ4v) is 1.59. The second kappa shape index (κ2) is 7.36. The first-order valence-corrected chi connectivity index (χ1v) is 6.22. The van der Waals surface area contributed by atoms with Gasteiger partial charge in [-0.2, -0.15) is 0 Å². The quantitative estimate of drug-likeness (QED) is 0.465. The maximum atomic E-state index is 11.8. The molecule has 0 saturated carbocycles. The van der Waals surface area contributed by atoms with Crippen molar-refractivity contribution in [1.82, 2.24) is 0 Å². The zero-order valence-electron chi connectivity index (χ0n) is 11.0. The molecule has 4 heteroatoms. The van der Waals surface area contributed by atoms with E-state index in [2.05, 4.69) is 6.58 Å². The van der Waals surface area contributed by atoms with Gasteiger partial charge in [-0.3, -0.25) is 0 Å². The van der Waals surface area contributed by atoms with Crippen molar-refractivity contribution in [3.63, 3.8) is 0 Å². The first-order valence-electron chi connectivity index (χ1n) is 6.22. The van der Waals surface area contributed by atoms with Gasteiger partial charge < -0.3 is 9.84 Å². The highest BCUT2D eigenvalue weighted by Crippen LogP contribution is 2.11. The molecule has 1 rings (SSSR count). The molecular formula is C15H18O4. The largest absolute Gasteiger partial charge is 0.478 e. The standard InChI is InChI=1S/C15H18O4/c1-3-11(2)7-6-10-19-15(18)13-9-5-4-8-12(13)14(16)17/h4-5,8-9H,2-3,6-7,10H2,1H3,(H,16,17). The van der Waals surface area contributed by atoms with Crippen LogP contribution in [0.2, 0.25) is 0 Å². The van der Waals surface area contributed by atoms with E-state index >= 15 is 0 Å². The van der Waals surface area contributed by atoms with Crippen molar-refractivity contribution in [3.05, 3.63) is 47.5 Å². The molecule has 0 aliphatic carbocycles. The van der Waals surface area contributed by atoms with E-state index in [1.54, 1.807) is 12.1 Å². The molecule has 0 bridgehead atoms. The number of allylic oxidation sites excluding steroid dienone is 1. The zero-order chi connectivity index (χ0) is 14.3. The smallest absolute Gasteiger partial charge is 0.339 e. The van der Waals surface area contributed by atoms with Crippen LogP contribution in [0.5, 0.6) is 0 Å². The molecule has 0 aliphatic rings. The number of aromatic carboxylic acids is 1. The van der Waals surface area contributed by atoms with Gasteiger partial charge in [0, 0.05) is 0 Å². The molecule has 0 amide bonds. The molecular weight excluding hydrogens is 244 g/mol. The number of esters is 1. The van der Waals surface area contributed by atoms with E-state index in [1.165, 1.54) is 12.1 Å². The third-order valence-corrected chi connectivity index (χ3v) is 2.79. The molecule has 19 heavy (non-hydrogen) atoms. The average Bonchev–Trinajstić information content (AvgIpc) is 2.42. The van der Waals surface area contributed by atoms with Crippen LogP contribution in [0.25, 0.3) is 0 Å². The van der Waals surface area contributed by atoms with Gasteiger partial charge >= 0.3 is 11.9 Å². The minimum absolute atomic E-state index is 0.0366. The maximum Gasteiger partial charge on any atom is 0.339 e. The minimum Gasteiger partial charge on any atom is -0.478 e. The van der Waals surface area contributed by atoms with Gasteiger partial charge in [0.2, 0.25) is 0 Å². The topological polar surface area (TPSA) is 63.6 Å². The van der Waals surface area contributed by atoms with E-state index in [-0.39, 0.29) is 17.7 Å². The first-order chi connectivity index (χ1) is 9.06. The van der Waals surface area contributed by atoms with Crippen molar-refractivity contribution >= 4 is 11.9 Å². The van der Waals surface area contributed by atoms with Crippen molar-refractivity contribution in [3.8, 4) is 0 Å². The highest BCUT2D eigenvalue weighted by molar-refractivity contribution is 6.02. The Kier molecular flexibility index (Phi) is 5.79. The zero-order valence-corrected chi connectivity index (χ0v) is 11.0. The lowest BCUT2D eigenvalue weighted by Gasteiger charge is -2.07. The third-order valence-electron chi connectivity index (χ3n) is 2.79. The summed E-state index contributed by atoms with van der Waals surface area (Å²) in [5.74, 6) is -1.73. The predicted octanol–water partition coefficient (Wildman–Crippen LogP) is 3.29. The lowest BCUT2D eigenvalue weighted by Crippen LogP contribution is -2.12. The average molecular weight is 262 g/mol. The van der Waals surface area contributed by atoms with E-state index < -0.39 is 11.9 Å². The number of benzene rings is 1. The molecule has 102 valence electrons. The van der Waals surface area contributed by atoms with Crippen LogP contribution >= 0.6 is 0 Å². The first kappa shape index (κ1) is 15.0. The maximum absolute atomic E-state index is 11.8. The fourth-order valence-electron chi connectivity index (χ4n) is 1.59. The summed E-state index contributed by atoms with van der Waals surface area (Å²) in [6.45, 7) is 6.16. The molecule has 0 aliphatic heterocycles. The number of ether oxygens (including phenoxy) is 1. The van der Waals surface area contributed by atoms with E-state index in [0.717, 1.165) is 18.4 Å². The number of hydrogen-bond donors (Lipinski definition) is 1. The summed E-state index contributed by atoms with van der Waals surface area (Å²) >= 11 is 0. The molecule has 0 heterocycles. The van der Waals surface area contributed by atoms with Crippen LogP contribution in [0.3, 0.4) is 0 Å². The van der Waals surface area contributed by atoms with Crippen LogP contribution < -0.4 is 0 Å². The van der Waals surface area contributed by atoms with Crippen molar-refractivity contribution < 1.29 is 19.4 Å². The van der Waals surface area contributed by atoms with E-state index in [0.29, 0.717) is 6.42 Å². The van der Waals surface area contributed by atoms with Crippen LogP contribution in [0, 0.1) is 0 Å². The Labute approximate surface area is 112 Å². The van der Waals surface area contributed by atoms with Crippen LogP contribution in [0.15, 0.2) is 36.4 Å². The Morgan fingerprint density at radius 2 is 1.89 bits per heavy atom. The van der Waals surface area contributed by atoms with Crippen LogP contribution in [-0.2, 0) is 4.74 Å². The van der Waals surface area contributed by atoms with Gasteiger partial charge in [0.05, 0.1) is 17.7 Å². The summed E-state index contributed by atoms with van der Waals surface area (Å²) in [5.41, 5.74) is 1.16. The Morgan fingerprint density at radius 1 is 1.26 bits per heavy atom. The van der Waals surface area contributed by atoms with Crippen LogP contribution in [0.1, 0.15) is 46.9 Å². The molecule has 4 nitrogen and oxygen atoms in total. The highest BCUT2D eigenvalue weighted by atomic mass is 16.5. The van der Waals surface area contributed by atoms with E-state index in [4.69, 9.17) is 9.84 Å². The highest BCUT2D eigenvalue weighted by Gasteiger charge is 2.16. The molecule has 1 aromatic rings. The number of carbonyl (C=O) groups is 2. The molecule has 0 aromatic heterocycles. The van der Waals surface area contributed by atoms with E-state index in [9.17, 15) is 9.59 Å². The monoisotopic (exact) mass is 262 g/mol. The summed E-state index contributed by atoms with van der Waals surface area (Å²) in [4.78, 5) is 22.7. The van der Waals surface area contributed by atoms with Crippen molar-refractivity contribution in [2.24, 2.45) is 0 Å². The number of carboxylic acid groups (broad SMARTS) is 1. The second-order valence-electron chi connectivity index (χ2n) is 4.19. The Hall–Kier alpha value is -2.10. The summed E-state index contributed by atoms with van der Waals surface area (Å²) in [6.07, 6.45) is 2.42. The van der Waals surface area contributed by atoms with Gasteiger partial charge in [0.1, 0.15) is 0 Å². The van der Waals surface area contributed by atoms with Gasteiger partial charge in [-0.25, -0.2) is 9.59 Å². The number of hydrogen-bond acceptors (Lipinski definition) is 3. The lowest BCUT2D eigenvalue weighted by atomic mass is 10.1. The SMILES string of the molecule is C=C(CC)CCCOC(=O)c1ccccc1C(=O)O. The van der Waals surface area contributed by atoms with Crippen molar-refractivity contribution in [2.45, 2.75) is 26.2 Å². The fraction of sp³-hybridized carbons (Fsp3) is 0.333. The Balaban J connectivity index is 2.55. The van der Waals surface area contributed by atoms with E-state index in [1.807, 2.05) is 6.92 Å². The number of rotatable bonds is 7. The summed E-state index contributed by atoms with van der Waals surface area (Å²) in [7, 11) is 0. The van der Waals surface area contributed by atoms with Gasteiger partial charge in [0.15, 0.2) is 0 Å². The summed E-state index contributed by atoms with van der Waals surface area (Å²) < 4.78 is 5.07. The van der Waals surface area contributed by atoms with Gasteiger partial charge in [-0.15, -0.1) is 0 Å². The Bertz CT molecular complexity index is 477. The normalized spacial score (nSPS) is 9.95. The van der Waals surface area contributed by atoms with Gasteiger partial charge in [0.25, 0.3) is 0 Å². The summed E-state index contributed by atoms with van der Waals surface area (Å²) in [6, 6.07) is 6.03. The molecule has 0 spiro atoms. The summed E-state index contributed by atoms with van der Waals surface area (Å²) in [5, 5.41) is 8.97. The Morgan fingerprint density at radius 3 is 2.47 bits per heavy atom. The molecule has 0 atom stereocenters. The molecule has 0 radical (unpaired) electrons. The third kappa shape index (κ3) is 4.58. The molecule has 0 unspecified atom stereocenters. The molecule has 0 fully saturated rings. The number of carboxylic acids is 1. The van der Waals surface area contributed by atoms with Gasteiger partial charge in [-0.1, -0.05) is 31.2 Å². The van der Waals surface area contributed by atoms with Crippen LogP contribution in [0.4, 0.5) is 0 Å². The van der Waals surface area contributed by atoms with Crippen molar-refractivity contribution in [1.29, 1.82) is 0 Å².